The highest BCUT2D eigenvalue weighted by atomic mass is 32.2. The molecule has 2 bridgehead atoms. The number of fused-ring (bicyclic) bond motifs is 2. The normalized spacial score (nSPS) is 34.6. The Bertz CT molecular complexity index is 316. The summed E-state index contributed by atoms with van der Waals surface area (Å²) in [4.78, 5) is 11.3. The lowest BCUT2D eigenvalue weighted by Crippen LogP contribution is -2.24. The van der Waals surface area contributed by atoms with Crippen LogP contribution >= 0.6 is 0 Å². The van der Waals surface area contributed by atoms with Crippen LogP contribution in [0.25, 0.3) is 0 Å². The van der Waals surface area contributed by atoms with E-state index in [0.29, 0.717) is 11.7 Å². The van der Waals surface area contributed by atoms with Crippen LogP contribution in [0.1, 0.15) is 32.6 Å². The molecule has 5 unspecified atom stereocenters. The minimum Gasteiger partial charge on any atom is -0.469 e. The summed E-state index contributed by atoms with van der Waals surface area (Å²) in [7, 11) is 0.522. The van der Waals surface area contributed by atoms with Crippen molar-refractivity contribution >= 4 is 16.8 Å². The largest absolute Gasteiger partial charge is 0.469 e. The van der Waals surface area contributed by atoms with Crippen LogP contribution in [0.15, 0.2) is 0 Å². The first kappa shape index (κ1) is 13.1. The summed E-state index contributed by atoms with van der Waals surface area (Å²) in [5.41, 5.74) is 0. The first-order valence-electron chi connectivity index (χ1n) is 6.53. The Morgan fingerprint density at radius 3 is 2.71 bits per heavy atom. The highest BCUT2D eigenvalue weighted by Gasteiger charge is 2.40. The Labute approximate surface area is 106 Å². The third kappa shape index (κ3) is 3.09. The summed E-state index contributed by atoms with van der Waals surface area (Å²) in [6.07, 6.45) is 5.34. The van der Waals surface area contributed by atoms with Crippen molar-refractivity contribution in [1.82, 2.24) is 0 Å². The van der Waals surface area contributed by atoms with Crippen LogP contribution in [0, 0.1) is 23.7 Å². The molecule has 0 spiro atoms. The summed E-state index contributed by atoms with van der Waals surface area (Å²) >= 11 is 0. The van der Waals surface area contributed by atoms with Crippen LogP contribution in [0.5, 0.6) is 0 Å². The van der Waals surface area contributed by atoms with E-state index >= 15 is 0 Å². The van der Waals surface area contributed by atoms with Gasteiger partial charge in [-0.2, -0.15) is 0 Å². The van der Waals surface area contributed by atoms with E-state index < -0.39 is 10.8 Å². The molecule has 5 atom stereocenters. The number of carbonyl (C=O) groups is 1. The molecule has 0 aromatic rings. The molecule has 0 amide bonds. The number of ether oxygens (including phenoxy) is 1. The molecule has 17 heavy (non-hydrogen) atoms. The summed E-state index contributed by atoms with van der Waals surface area (Å²) in [6, 6.07) is 0. The summed E-state index contributed by atoms with van der Waals surface area (Å²) in [5.74, 6) is 3.14. The third-order valence-corrected chi connectivity index (χ3v) is 6.00. The Kier molecular flexibility index (Phi) is 4.23. The van der Waals surface area contributed by atoms with Crippen LogP contribution in [0.2, 0.25) is 0 Å². The molecule has 2 saturated carbocycles. The van der Waals surface area contributed by atoms with Gasteiger partial charge in [-0.3, -0.25) is 9.00 Å². The van der Waals surface area contributed by atoms with E-state index in [1.54, 1.807) is 6.92 Å². The van der Waals surface area contributed by atoms with E-state index in [0.717, 1.165) is 17.6 Å². The Balaban J connectivity index is 1.76. The van der Waals surface area contributed by atoms with Gasteiger partial charge in [-0.25, -0.2) is 0 Å². The number of rotatable bonds is 5. The van der Waals surface area contributed by atoms with E-state index in [1.807, 2.05) is 0 Å². The topological polar surface area (TPSA) is 43.4 Å². The number of hydrogen-bond donors (Lipinski definition) is 0. The van der Waals surface area contributed by atoms with Crippen LogP contribution in [-0.4, -0.2) is 28.8 Å². The fourth-order valence-electron chi connectivity index (χ4n) is 3.44. The van der Waals surface area contributed by atoms with Gasteiger partial charge in [0, 0.05) is 22.3 Å². The van der Waals surface area contributed by atoms with Crippen LogP contribution in [0.3, 0.4) is 0 Å². The molecule has 2 rings (SSSR count). The number of carbonyl (C=O) groups excluding carboxylic acids is 1. The zero-order chi connectivity index (χ0) is 12.4. The lowest BCUT2D eigenvalue weighted by Gasteiger charge is -2.21. The zero-order valence-corrected chi connectivity index (χ0v) is 11.5. The van der Waals surface area contributed by atoms with Crippen molar-refractivity contribution in [3.05, 3.63) is 0 Å². The Morgan fingerprint density at radius 2 is 2.18 bits per heavy atom. The molecule has 0 radical (unpaired) electrons. The van der Waals surface area contributed by atoms with Crippen molar-refractivity contribution in [3.8, 4) is 0 Å². The van der Waals surface area contributed by atoms with E-state index in [-0.39, 0.29) is 11.9 Å². The van der Waals surface area contributed by atoms with E-state index in [9.17, 15) is 9.00 Å². The second-order valence-corrected chi connectivity index (χ2v) is 7.18. The molecule has 2 fully saturated rings. The SMILES string of the molecule is COC(=O)C(C)CS(=O)CC1CC2CCC1C2. The molecule has 0 saturated heterocycles. The fraction of sp³-hybridized carbons (Fsp3) is 0.923. The van der Waals surface area contributed by atoms with E-state index in [4.69, 9.17) is 0 Å². The zero-order valence-electron chi connectivity index (χ0n) is 10.7. The average Bonchev–Trinajstić information content (AvgIpc) is 2.89. The number of esters is 1. The predicted octanol–water partition coefficient (Wildman–Crippen LogP) is 1.98. The summed E-state index contributed by atoms with van der Waals surface area (Å²) in [5, 5.41) is 0. The van der Waals surface area contributed by atoms with Gasteiger partial charge in [0.05, 0.1) is 13.0 Å². The molecule has 0 heterocycles. The van der Waals surface area contributed by atoms with Crippen molar-refractivity contribution in [2.45, 2.75) is 32.6 Å². The van der Waals surface area contributed by atoms with Crippen LogP contribution in [-0.2, 0) is 20.3 Å². The maximum Gasteiger partial charge on any atom is 0.309 e. The van der Waals surface area contributed by atoms with Gasteiger partial charge in [-0.15, -0.1) is 0 Å². The first-order valence-corrected chi connectivity index (χ1v) is 8.01. The third-order valence-electron chi connectivity index (χ3n) is 4.32. The molecule has 98 valence electrons. The molecular formula is C13H22O3S. The van der Waals surface area contributed by atoms with Crippen molar-refractivity contribution in [1.29, 1.82) is 0 Å². The average molecular weight is 258 g/mol. The molecule has 2 aliphatic carbocycles. The van der Waals surface area contributed by atoms with Gasteiger partial charge in [0.1, 0.15) is 0 Å². The van der Waals surface area contributed by atoms with Crippen molar-refractivity contribution < 1.29 is 13.7 Å². The van der Waals surface area contributed by atoms with Gasteiger partial charge in [0.15, 0.2) is 0 Å². The van der Waals surface area contributed by atoms with Gasteiger partial charge in [-0.1, -0.05) is 13.3 Å². The van der Waals surface area contributed by atoms with Crippen molar-refractivity contribution in [2.75, 3.05) is 18.6 Å². The van der Waals surface area contributed by atoms with E-state index in [2.05, 4.69) is 4.74 Å². The smallest absolute Gasteiger partial charge is 0.309 e. The van der Waals surface area contributed by atoms with Crippen molar-refractivity contribution in [3.63, 3.8) is 0 Å². The predicted molar refractivity (Wildman–Crippen MR) is 68.0 cm³/mol. The molecular weight excluding hydrogens is 236 g/mol. The second kappa shape index (κ2) is 5.51. The Hall–Kier alpha value is -0.380. The molecule has 3 nitrogen and oxygen atoms in total. The van der Waals surface area contributed by atoms with Crippen LogP contribution < -0.4 is 0 Å². The maximum atomic E-state index is 12.0. The minimum atomic E-state index is -0.865. The molecule has 4 heteroatoms. The van der Waals surface area contributed by atoms with Crippen LogP contribution in [0.4, 0.5) is 0 Å². The minimum absolute atomic E-state index is 0.237. The highest BCUT2D eigenvalue weighted by molar-refractivity contribution is 7.85. The second-order valence-electron chi connectivity index (χ2n) is 5.63. The molecule has 0 aromatic heterocycles. The molecule has 0 aliphatic heterocycles. The molecule has 0 aromatic carbocycles. The lowest BCUT2D eigenvalue weighted by molar-refractivity contribution is -0.144. The maximum absolute atomic E-state index is 12.0. The van der Waals surface area contributed by atoms with Crippen molar-refractivity contribution in [2.24, 2.45) is 23.7 Å². The first-order chi connectivity index (χ1) is 8.10. The molecule has 0 N–H and O–H groups in total. The van der Waals surface area contributed by atoms with Gasteiger partial charge in [0.25, 0.3) is 0 Å². The van der Waals surface area contributed by atoms with Gasteiger partial charge >= 0.3 is 5.97 Å². The van der Waals surface area contributed by atoms with Gasteiger partial charge in [0.2, 0.25) is 0 Å². The Morgan fingerprint density at radius 1 is 1.41 bits per heavy atom. The lowest BCUT2D eigenvalue weighted by atomic mass is 9.90. The van der Waals surface area contributed by atoms with E-state index in [1.165, 1.54) is 32.8 Å². The molecule has 2 aliphatic rings. The number of hydrogen-bond acceptors (Lipinski definition) is 3. The standard InChI is InChI=1S/C13H22O3S/c1-9(13(14)16-2)7-17(15)8-12-6-10-3-4-11(12)5-10/h9-12H,3-8H2,1-2H3. The van der Waals surface area contributed by atoms with Gasteiger partial charge < -0.3 is 4.74 Å². The summed E-state index contributed by atoms with van der Waals surface area (Å²) < 4.78 is 16.7. The monoisotopic (exact) mass is 258 g/mol. The summed E-state index contributed by atoms with van der Waals surface area (Å²) in [6.45, 7) is 1.80. The quantitative estimate of drug-likeness (QED) is 0.708. The van der Waals surface area contributed by atoms with Gasteiger partial charge in [-0.05, 0) is 37.0 Å². The number of methoxy groups -OCH3 is 1. The highest BCUT2D eigenvalue weighted by Crippen LogP contribution is 2.48. The fourth-order valence-corrected chi connectivity index (χ4v) is 5.15.